The monoisotopic (exact) mass is 420 g/mol. The minimum atomic E-state index is -0.288. The predicted molar refractivity (Wildman–Crippen MR) is 122 cm³/mol. The summed E-state index contributed by atoms with van der Waals surface area (Å²) in [5.41, 5.74) is 3.82. The largest absolute Gasteiger partial charge is 0.487 e. The molecule has 162 valence electrons. The molecule has 1 aliphatic rings. The Morgan fingerprint density at radius 1 is 1.21 bits per heavy atom. The van der Waals surface area contributed by atoms with Crippen LogP contribution in [0.25, 0.3) is 0 Å². The van der Waals surface area contributed by atoms with Gasteiger partial charge < -0.3 is 9.47 Å². The van der Waals surface area contributed by atoms with Crippen molar-refractivity contribution in [2.75, 3.05) is 5.88 Å². The fraction of sp³-hybridized carbons (Fsp3) is 0.640. The Kier molecular flexibility index (Phi) is 6.84. The Labute approximate surface area is 181 Å². The summed E-state index contributed by atoms with van der Waals surface area (Å²) in [5.74, 6) is 1.91. The summed E-state index contributed by atoms with van der Waals surface area (Å²) in [6.45, 7) is 18.6. The molecule has 0 amide bonds. The number of halogens is 1. The smallest absolute Gasteiger partial charge is 0.308 e. The number of esters is 1. The minimum Gasteiger partial charge on any atom is -0.487 e. The first-order valence-corrected chi connectivity index (χ1v) is 11.0. The Morgan fingerprint density at radius 3 is 2.31 bits per heavy atom. The highest BCUT2D eigenvalue weighted by molar-refractivity contribution is 6.19. The van der Waals surface area contributed by atoms with Gasteiger partial charge in [-0.15, -0.1) is 11.6 Å². The van der Waals surface area contributed by atoms with Gasteiger partial charge in [0.2, 0.25) is 0 Å². The molecule has 1 atom stereocenters. The lowest BCUT2D eigenvalue weighted by atomic mass is 9.75. The first kappa shape index (κ1) is 23.8. The van der Waals surface area contributed by atoms with Crippen molar-refractivity contribution in [3.63, 3.8) is 0 Å². The molecule has 1 heterocycles. The van der Waals surface area contributed by atoms with Crippen molar-refractivity contribution in [3.8, 4) is 11.5 Å². The van der Waals surface area contributed by atoms with Crippen LogP contribution in [0.2, 0.25) is 0 Å². The molecular weight excluding hydrogens is 384 g/mol. The lowest BCUT2D eigenvalue weighted by Gasteiger charge is -2.30. The van der Waals surface area contributed by atoms with E-state index in [2.05, 4.69) is 67.5 Å². The summed E-state index contributed by atoms with van der Waals surface area (Å²) >= 11 is 5.90. The van der Waals surface area contributed by atoms with Crippen molar-refractivity contribution in [1.29, 1.82) is 0 Å². The van der Waals surface area contributed by atoms with Crippen molar-refractivity contribution in [1.82, 2.24) is 0 Å². The molecule has 0 saturated carbocycles. The highest BCUT2D eigenvalue weighted by atomic mass is 35.5. The third-order valence-corrected chi connectivity index (χ3v) is 5.86. The average Bonchev–Trinajstić information content (AvgIpc) is 2.86. The second kappa shape index (κ2) is 8.34. The quantitative estimate of drug-likeness (QED) is 0.226. The Hall–Kier alpha value is -1.48. The Morgan fingerprint density at radius 2 is 1.83 bits per heavy atom. The summed E-state index contributed by atoms with van der Waals surface area (Å²) in [6.07, 6.45) is 4.84. The average molecular weight is 421 g/mol. The van der Waals surface area contributed by atoms with Gasteiger partial charge in [0.05, 0.1) is 0 Å². The molecule has 0 N–H and O–H groups in total. The van der Waals surface area contributed by atoms with Gasteiger partial charge in [-0.1, -0.05) is 53.2 Å². The fourth-order valence-electron chi connectivity index (χ4n) is 4.04. The molecule has 0 fully saturated rings. The van der Waals surface area contributed by atoms with Crippen LogP contribution in [0.3, 0.4) is 0 Å². The summed E-state index contributed by atoms with van der Waals surface area (Å²) in [7, 11) is 0. The second-order valence-corrected chi connectivity index (χ2v) is 10.9. The van der Waals surface area contributed by atoms with E-state index in [1.165, 1.54) is 18.1 Å². The molecule has 0 aromatic heterocycles. The predicted octanol–water partition coefficient (Wildman–Crippen LogP) is 6.87. The van der Waals surface area contributed by atoms with Crippen LogP contribution in [-0.2, 0) is 22.0 Å². The first-order chi connectivity index (χ1) is 13.2. The van der Waals surface area contributed by atoms with Crippen LogP contribution in [-0.4, -0.2) is 17.5 Å². The van der Waals surface area contributed by atoms with Gasteiger partial charge in [0.1, 0.15) is 17.1 Å². The summed E-state index contributed by atoms with van der Waals surface area (Å²) < 4.78 is 12.4. The van der Waals surface area contributed by atoms with Gasteiger partial charge in [0.25, 0.3) is 0 Å². The number of ether oxygens (including phenoxy) is 2. The van der Waals surface area contributed by atoms with Crippen LogP contribution >= 0.6 is 11.6 Å². The van der Waals surface area contributed by atoms with Crippen LogP contribution in [0, 0.1) is 0 Å². The molecular formula is C25H37ClO3. The number of hydrogen-bond donors (Lipinski definition) is 0. The zero-order valence-electron chi connectivity index (χ0n) is 19.6. The van der Waals surface area contributed by atoms with Crippen molar-refractivity contribution in [2.45, 2.75) is 98.0 Å². The second-order valence-electron chi connectivity index (χ2n) is 10.7. The van der Waals surface area contributed by atoms with Gasteiger partial charge in [-0.3, -0.25) is 4.79 Å². The molecule has 1 aromatic carbocycles. The van der Waals surface area contributed by atoms with Gasteiger partial charge >= 0.3 is 5.97 Å². The molecule has 0 spiro atoms. The molecule has 0 bridgehead atoms. The van der Waals surface area contributed by atoms with Gasteiger partial charge in [0.15, 0.2) is 0 Å². The fourth-order valence-corrected chi connectivity index (χ4v) is 4.15. The normalized spacial score (nSPS) is 19.7. The van der Waals surface area contributed by atoms with E-state index >= 15 is 0 Å². The van der Waals surface area contributed by atoms with E-state index in [9.17, 15) is 4.79 Å². The van der Waals surface area contributed by atoms with Gasteiger partial charge in [-0.25, -0.2) is 0 Å². The van der Waals surface area contributed by atoms with E-state index < -0.39 is 0 Å². The SMILES string of the molecule is CC(=O)Oc1c(C(C)(C)C)cc2c(c1C(C)(C)C)CC(C)(CC/C=C(\C)CCl)O2. The summed E-state index contributed by atoms with van der Waals surface area (Å²) in [4.78, 5) is 12.0. The van der Waals surface area contributed by atoms with E-state index in [1.807, 2.05) is 0 Å². The molecule has 4 heteroatoms. The maximum atomic E-state index is 12.0. The highest BCUT2D eigenvalue weighted by Gasteiger charge is 2.41. The highest BCUT2D eigenvalue weighted by Crippen LogP contribution is 2.50. The Bertz CT molecular complexity index is 809. The summed E-state index contributed by atoms with van der Waals surface area (Å²) in [6, 6.07) is 2.09. The molecule has 0 radical (unpaired) electrons. The Balaban J connectivity index is 2.58. The van der Waals surface area contributed by atoms with Crippen molar-refractivity contribution in [3.05, 3.63) is 34.4 Å². The minimum absolute atomic E-state index is 0.178. The van der Waals surface area contributed by atoms with Crippen LogP contribution in [0.15, 0.2) is 17.7 Å². The van der Waals surface area contributed by atoms with Crippen molar-refractivity contribution in [2.24, 2.45) is 0 Å². The number of rotatable bonds is 5. The van der Waals surface area contributed by atoms with Crippen LogP contribution < -0.4 is 9.47 Å². The van der Waals surface area contributed by atoms with Crippen LogP contribution in [0.5, 0.6) is 11.5 Å². The number of carbonyl (C=O) groups is 1. The maximum absolute atomic E-state index is 12.0. The van der Waals surface area contributed by atoms with Crippen LogP contribution in [0.1, 0.15) is 91.8 Å². The number of hydrogen-bond acceptors (Lipinski definition) is 3. The number of benzene rings is 1. The number of fused-ring (bicyclic) bond motifs is 1. The lowest BCUT2D eigenvalue weighted by Crippen LogP contribution is -2.30. The number of alkyl halides is 1. The molecule has 1 unspecified atom stereocenters. The lowest BCUT2D eigenvalue weighted by molar-refractivity contribution is -0.132. The van der Waals surface area contributed by atoms with Crippen molar-refractivity contribution < 1.29 is 14.3 Å². The van der Waals surface area contributed by atoms with E-state index in [4.69, 9.17) is 21.1 Å². The third kappa shape index (κ3) is 5.57. The standard InChI is InChI=1S/C25H37ClO3/c1-16(15-26)11-10-12-25(9)14-18-20(29-25)13-19(23(3,4)5)22(28-17(2)27)21(18)24(6,7)8/h11,13H,10,12,14-15H2,1-9H3/b16-11+. The van der Waals surface area contributed by atoms with Gasteiger partial charge in [-0.2, -0.15) is 0 Å². The molecule has 2 rings (SSSR count). The molecule has 1 aromatic rings. The van der Waals surface area contributed by atoms with E-state index in [0.29, 0.717) is 11.6 Å². The number of carbonyl (C=O) groups excluding carboxylic acids is 1. The van der Waals surface area contributed by atoms with Crippen molar-refractivity contribution >= 4 is 17.6 Å². The molecule has 0 aliphatic carbocycles. The van der Waals surface area contributed by atoms with Crippen LogP contribution in [0.4, 0.5) is 0 Å². The first-order valence-electron chi connectivity index (χ1n) is 10.5. The zero-order valence-corrected chi connectivity index (χ0v) is 20.3. The maximum Gasteiger partial charge on any atom is 0.308 e. The third-order valence-electron chi connectivity index (χ3n) is 5.43. The van der Waals surface area contributed by atoms with Gasteiger partial charge in [-0.05, 0) is 43.6 Å². The van der Waals surface area contributed by atoms with Gasteiger partial charge in [0, 0.05) is 35.9 Å². The number of allylic oxidation sites excluding steroid dienone is 2. The van der Waals surface area contributed by atoms with E-state index in [0.717, 1.165) is 36.1 Å². The molecule has 29 heavy (non-hydrogen) atoms. The van der Waals surface area contributed by atoms with E-state index in [1.54, 1.807) is 0 Å². The molecule has 0 saturated heterocycles. The van der Waals surface area contributed by atoms with E-state index in [-0.39, 0.29) is 22.4 Å². The zero-order chi connectivity index (χ0) is 22.2. The topological polar surface area (TPSA) is 35.5 Å². The molecule has 3 nitrogen and oxygen atoms in total. The molecule has 1 aliphatic heterocycles. The summed E-state index contributed by atoms with van der Waals surface area (Å²) in [5, 5.41) is 0.